The maximum atomic E-state index is 12.0. The Morgan fingerprint density at radius 2 is 2.00 bits per heavy atom. The molecule has 0 aliphatic heterocycles. The lowest BCUT2D eigenvalue weighted by Gasteiger charge is -2.38. The van der Waals surface area contributed by atoms with E-state index in [1.807, 2.05) is 20.8 Å². The number of hydrogen-bond donors (Lipinski definition) is 1. The van der Waals surface area contributed by atoms with Crippen molar-refractivity contribution in [2.24, 2.45) is 23.2 Å². The fourth-order valence-electron chi connectivity index (χ4n) is 3.34. The second-order valence-corrected chi connectivity index (χ2v) is 7.22. The highest BCUT2D eigenvalue weighted by Gasteiger charge is 2.64. The molecule has 0 aromatic heterocycles. The van der Waals surface area contributed by atoms with Gasteiger partial charge in [-0.25, -0.2) is 0 Å². The summed E-state index contributed by atoms with van der Waals surface area (Å²) in [6, 6.07) is 0. The molecule has 2 rings (SSSR count). The number of rotatable bonds is 2. The molecule has 4 unspecified atom stereocenters. The Morgan fingerprint density at radius 1 is 1.44 bits per heavy atom. The normalized spacial score (nSPS) is 41.6. The third-order valence-corrected chi connectivity index (χ3v) is 6.24. The van der Waals surface area contributed by atoms with Crippen molar-refractivity contribution in [1.82, 2.24) is 0 Å². The number of Topliss-reactive ketones (excluding diaryl/α,β-unsaturated/α-hetero) is 1. The van der Waals surface area contributed by atoms with Crippen molar-refractivity contribution in [3.8, 4) is 0 Å². The maximum Gasteiger partial charge on any atom is 0.324 e. The van der Waals surface area contributed by atoms with Crippen molar-refractivity contribution in [2.45, 2.75) is 32.4 Å². The Kier molecular flexibility index (Phi) is 2.46. The van der Waals surface area contributed by atoms with Crippen LogP contribution in [-0.4, -0.2) is 19.5 Å². The number of hydrogen-bond acceptors (Lipinski definition) is 4. The van der Waals surface area contributed by atoms with E-state index in [2.05, 4.69) is 10.2 Å². The standard InChI is InChI=1S/C10H18NO4S/c1-5-6-4-7(10(5,2)3)9(8(6)12)16(13,14)15-11/h5-7,9H,4H2,1-3,11H3/q+1. The van der Waals surface area contributed by atoms with Gasteiger partial charge in [0.2, 0.25) is 0 Å². The molecule has 0 radical (unpaired) electrons. The van der Waals surface area contributed by atoms with Crippen LogP contribution in [-0.2, 0) is 19.2 Å². The largest absolute Gasteiger partial charge is 0.324 e. The summed E-state index contributed by atoms with van der Waals surface area (Å²) >= 11 is 0. The number of ketones is 1. The summed E-state index contributed by atoms with van der Waals surface area (Å²) in [6.07, 6.45) is 0.667. The van der Waals surface area contributed by atoms with Crippen LogP contribution in [0.1, 0.15) is 27.2 Å². The van der Waals surface area contributed by atoms with Gasteiger partial charge in [-0.2, -0.15) is 14.3 Å². The summed E-state index contributed by atoms with van der Waals surface area (Å²) in [4.78, 5) is 12.0. The minimum Gasteiger partial charge on any atom is -0.298 e. The van der Waals surface area contributed by atoms with E-state index in [1.54, 1.807) is 0 Å². The summed E-state index contributed by atoms with van der Waals surface area (Å²) in [5, 5.41) is -0.999. The first-order valence-electron chi connectivity index (χ1n) is 5.44. The fraction of sp³-hybridized carbons (Fsp3) is 0.900. The Morgan fingerprint density at radius 3 is 2.44 bits per heavy atom. The molecule has 92 valence electrons. The molecule has 0 aromatic rings. The van der Waals surface area contributed by atoms with Crippen molar-refractivity contribution >= 4 is 15.9 Å². The van der Waals surface area contributed by atoms with Crippen molar-refractivity contribution in [3.63, 3.8) is 0 Å². The lowest BCUT2D eigenvalue weighted by Crippen LogP contribution is -2.57. The minimum absolute atomic E-state index is 0.130. The van der Waals surface area contributed by atoms with E-state index >= 15 is 0 Å². The molecule has 3 N–H and O–H groups in total. The van der Waals surface area contributed by atoms with Crippen LogP contribution < -0.4 is 5.90 Å². The Balaban J connectivity index is 2.44. The number of carbonyl (C=O) groups excluding carboxylic acids is 1. The predicted octanol–water partition coefficient (Wildman–Crippen LogP) is -0.261. The second-order valence-electron chi connectivity index (χ2n) is 5.49. The van der Waals surface area contributed by atoms with Crippen LogP contribution in [0.2, 0.25) is 0 Å². The molecule has 0 spiro atoms. The van der Waals surface area contributed by atoms with Gasteiger partial charge >= 0.3 is 10.1 Å². The van der Waals surface area contributed by atoms with E-state index in [9.17, 15) is 13.2 Å². The zero-order chi connectivity index (χ0) is 12.3. The van der Waals surface area contributed by atoms with Crippen LogP contribution in [0.25, 0.3) is 0 Å². The first-order chi connectivity index (χ1) is 7.23. The van der Waals surface area contributed by atoms with Crippen molar-refractivity contribution in [2.75, 3.05) is 0 Å². The first-order valence-corrected chi connectivity index (χ1v) is 6.92. The zero-order valence-corrected chi connectivity index (χ0v) is 10.6. The molecular weight excluding hydrogens is 230 g/mol. The molecule has 6 heteroatoms. The van der Waals surface area contributed by atoms with E-state index in [0.29, 0.717) is 6.42 Å². The van der Waals surface area contributed by atoms with Gasteiger partial charge in [0.05, 0.1) is 0 Å². The van der Waals surface area contributed by atoms with Crippen LogP contribution >= 0.6 is 0 Å². The molecule has 0 heterocycles. The number of fused-ring (bicyclic) bond motifs is 2. The smallest absolute Gasteiger partial charge is 0.298 e. The van der Waals surface area contributed by atoms with Gasteiger partial charge in [-0.3, -0.25) is 4.79 Å². The molecule has 2 fully saturated rings. The van der Waals surface area contributed by atoms with Gasteiger partial charge in [-0.1, -0.05) is 25.1 Å². The van der Waals surface area contributed by atoms with Crippen LogP contribution in [0.15, 0.2) is 0 Å². The number of carbonyl (C=O) groups is 1. The van der Waals surface area contributed by atoms with Crippen LogP contribution in [0.3, 0.4) is 0 Å². The van der Waals surface area contributed by atoms with Gasteiger partial charge in [0.1, 0.15) is 0 Å². The van der Waals surface area contributed by atoms with Crippen LogP contribution in [0, 0.1) is 23.2 Å². The van der Waals surface area contributed by atoms with Gasteiger partial charge in [0.15, 0.2) is 11.0 Å². The molecule has 2 aliphatic carbocycles. The molecule has 2 bridgehead atoms. The van der Waals surface area contributed by atoms with Crippen LogP contribution in [0.4, 0.5) is 0 Å². The molecule has 0 amide bonds. The first kappa shape index (κ1) is 12.0. The highest BCUT2D eigenvalue weighted by atomic mass is 32.2. The van der Waals surface area contributed by atoms with E-state index in [4.69, 9.17) is 0 Å². The highest BCUT2D eigenvalue weighted by Crippen LogP contribution is 2.59. The summed E-state index contributed by atoms with van der Waals surface area (Å²) in [5.74, 6) is 2.74. The van der Waals surface area contributed by atoms with E-state index < -0.39 is 15.4 Å². The lowest BCUT2D eigenvalue weighted by molar-refractivity contribution is -0.635. The summed E-state index contributed by atoms with van der Waals surface area (Å²) in [7, 11) is -3.83. The van der Waals surface area contributed by atoms with Gasteiger partial charge in [-0.05, 0) is 23.7 Å². The Hall–Kier alpha value is -0.460. The average molecular weight is 248 g/mol. The van der Waals surface area contributed by atoms with Crippen molar-refractivity contribution in [3.05, 3.63) is 0 Å². The van der Waals surface area contributed by atoms with E-state index in [-0.39, 0.29) is 29.0 Å². The van der Waals surface area contributed by atoms with Gasteiger partial charge in [-0.15, -0.1) is 0 Å². The molecule has 16 heavy (non-hydrogen) atoms. The van der Waals surface area contributed by atoms with E-state index in [0.717, 1.165) is 0 Å². The molecule has 2 saturated carbocycles. The van der Waals surface area contributed by atoms with Gasteiger partial charge in [0, 0.05) is 5.92 Å². The monoisotopic (exact) mass is 248 g/mol. The molecule has 2 aliphatic rings. The van der Waals surface area contributed by atoms with Crippen molar-refractivity contribution in [1.29, 1.82) is 0 Å². The average Bonchev–Trinajstić information content (AvgIpc) is 2.64. The Labute approximate surface area is 95.4 Å². The summed E-state index contributed by atoms with van der Waals surface area (Å²) < 4.78 is 27.7. The maximum absolute atomic E-state index is 12.0. The second kappa shape index (κ2) is 3.27. The third kappa shape index (κ3) is 1.30. The lowest BCUT2D eigenvalue weighted by atomic mass is 9.69. The summed E-state index contributed by atoms with van der Waals surface area (Å²) in [5.41, 5.74) is -0.130. The van der Waals surface area contributed by atoms with Crippen molar-refractivity contribution < 1.29 is 23.4 Å². The van der Waals surface area contributed by atoms with Gasteiger partial charge in [0.25, 0.3) is 0 Å². The molecule has 0 saturated heterocycles. The summed E-state index contributed by atoms with van der Waals surface area (Å²) in [6.45, 7) is 6.08. The zero-order valence-electron chi connectivity index (χ0n) is 9.76. The van der Waals surface area contributed by atoms with Gasteiger partial charge < -0.3 is 0 Å². The predicted molar refractivity (Wildman–Crippen MR) is 56.2 cm³/mol. The van der Waals surface area contributed by atoms with E-state index in [1.165, 1.54) is 0 Å². The molecular formula is C10H18NO4S+. The number of quaternary nitrogens is 1. The van der Waals surface area contributed by atoms with Crippen LogP contribution in [0.5, 0.6) is 0 Å². The molecule has 0 aromatic carbocycles. The highest BCUT2D eigenvalue weighted by molar-refractivity contribution is 7.88. The quantitative estimate of drug-likeness (QED) is 0.682. The Bertz CT molecular complexity index is 428. The molecule has 5 nitrogen and oxygen atoms in total. The minimum atomic E-state index is -3.83. The molecule has 4 atom stereocenters. The third-order valence-electron chi connectivity index (χ3n) is 4.73. The topological polar surface area (TPSA) is 88.1 Å². The SMILES string of the molecule is CC1C2CC(C(S(=O)(=O)O[NH3+])C2=O)C1(C)C. The fourth-order valence-corrected chi connectivity index (χ4v) is 4.81.